The number of ketones is 1. The monoisotopic (exact) mass is 288 g/mol. The average Bonchev–Trinajstić information content (AvgIpc) is 2.47. The molecule has 0 aromatic carbocycles. The van der Waals surface area contributed by atoms with E-state index in [1.54, 1.807) is 29.9 Å². The maximum absolute atomic E-state index is 11.3. The number of rotatable bonds is 1. The summed E-state index contributed by atoms with van der Waals surface area (Å²) in [6.07, 6.45) is 1.71. The lowest BCUT2D eigenvalue weighted by Gasteiger charge is -2.09. The zero-order valence-electron chi connectivity index (χ0n) is 7.93. The minimum absolute atomic E-state index is 0.384. The summed E-state index contributed by atoms with van der Waals surface area (Å²) >= 11 is 16.2. The summed E-state index contributed by atoms with van der Waals surface area (Å²) in [6.45, 7) is 0. The molecular formula is C7H7Cl3N2O4. The lowest BCUT2D eigenvalue weighted by atomic mass is 10.3. The van der Waals surface area contributed by atoms with Gasteiger partial charge in [0.25, 0.3) is 8.88 Å². The quantitative estimate of drug-likeness (QED) is 0.372. The Hall–Kier alpha value is -0.980. The molecule has 0 saturated carbocycles. The minimum atomic E-state index is -1.87. The molecule has 1 rings (SSSR count). The number of carbonyl (C=O) groups is 1. The first kappa shape index (κ1) is 15.0. The van der Waals surface area contributed by atoms with Crippen molar-refractivity contribution in [2.45, 2.75) is 3.79 Å². The van der Waals surface area contributed by atoms with Crippen molar-refractivity contribution in [3.63, 3.8) is 0 Å². The third-order valence-corrected chi connectivity index (χ3v) is 1.95. The van der Waals surface area contributed by atoms with E-state index in [1.807, 2.05) is 0 Å². The molecule has 16 heavy (non-hydrogen) atoms. The lowest BCUT2D eigenvalue weighted by molar-refractivity contribution is -0.742. The molecule has 0 atom stereocenters. The highest BCUT2D eigenvalue weighted by Gasteiger charge is 2.32. The topological polar surface area (TPSA) is 85.4 Å². The first-order valence-electron chi connectivity index (χ1n) is 3.72. The second-order valence-corrected chi connectivity index (χ2v) is 4.85. The number of Topliss-reactive ketones (excluding diaryl/α,β-unsaturated/α-hetero) is 1. The van der Waals surface area contributed by atoms with Gasteiger partial charge in [0, 0.05) is 13.2 Å². The minimum Gasteiger partial charge on any atom is -0.348 e. The average molecular weight is 290 g/mol. The standard InChI is InChI=1S/C7H6Cl3NO.HNO3/c1-11-4-2-3-5(11)6(12)7(8,9)10;2-1(3)4/h2-4H,1H3;(H,2,3,4). The van der Waals surface area contributed by atoms with Crippen molar-refractivity contribution >= 4 is 40.6 Å². The van der Waals surface area contributed by atoms with Crippen molar-refractivity contribution in [2.75, 3.05) is 0 Å². The molecule has 9 heteroatoms. The highest BCUT2D eigenvalue weighted by atomic mass is 35.6. The summed E-state index contributed by atoms with van der Waals surface area (Å²) in [5.41, 5.74) is 0.384. The molecule has 0 aliphatic carbocycles. The SMILES string of the molecule is Cn1cccc1C(=O)C(Cl)(Cl)Cl.O=[N+]([O-])O. The molecule has 1 heterocycles. The molecule has 1 aromatic rings. The van der Waals surface area contributed by atoms with E-state index in [-0.39, 0.29) is 0 Å². The number of aryl methyl sites for hydroxylation is 1. The fourth-order valence-electron chi connectivity index (χ4n) is 0.842. The third kappa shape index (κ3) is 5.20. The van der Waals surface area contributed by atoms with Crippen LogP contribution in [0.25, 0.3) is 0 Å². The summed E-state index contributed by atoms with van der Waals surface area (Å²) in [5.74, 6) is -0.514. The maximum Gasteiger partial charge on any atom is 0.291 e. The molecule has 0 amide bonds. The van der Waals surface area contributed by atoms with Crippen LogP contribution in [0.3, 0.4) is 0 Å². The van der Waals surface area contributed by atoms with Crippen LogP contribution < -0.4 is 0 Å². The van der Waals surface area contributed by atoms with E-state index in [4.69, 9.17) is 50.1 Å². The van der Waals surface area contributed by atoms with E-state index in [2.05, 4.69) is 0 Å². The molecule has 0 aliphatic heterocycles. The van der Waals surface area contributed by atoms with Gasteiger partial charge in [-0.25, -0.2) is 0 Å². The van der Waals surface area contributed by atoms with Crippen molar-refractivity contribution in [1.29, 1.82) is 0 Å². The van der Waals surface area contributed by atoms with Crippen LogP contribution in [0.5, 0.6) is 0 Å². The molecule has 1 N–H and O–H groups in total. The van der Waals surface area contributed by atoms with E-state index in [1.165, 1.54) is 0 Å². The Morgan fingerprint density at radius 1 is 1.56 bits per heavy atom. The highest BCUT2D eigenvalue weighted by molar-refractivity contribution is 6.77. The molecular weight excluding hydrogens is 282 g/mol. The first-order chi connectivity index (χ1) is 7.16. The van der Waals surface area contributed by atoms with E-state index < -0.39 is 14.7 Å². The largest absolute Gasteiger partial charge is 0.348 e. The molecule has 6 nitrogen and oxygen atoms in total. The second kappa shape index (κ2) is 5.93. The van der Waals surface area contributed by atoms with E-state index in [0.29, 0.717) is 5.69 Å². The van der Waals surface area contributed by atoms with Gasteiger partial charge in [-0.3, -0.25) is 4.79 Å². The van der Waals surface area contributed by atoms with Crippen LogP contribution in [0.4, 0.5) is 0 Å². The van der Waals surface area contributed by atoms with Gasteiger partial charge in [-0.05, 0) is 12.1 Å². The highest BCUT2D eigenvalue weighted by Crippen LogP contribution is 2.30. The number of hydrogen-bond donors (Lipinski definition) is 1. The number of alkyl halides is 3. The van der Waals surface area contributed by atoms with Crippen LogP contribution >= 0.6 is 34.8 Å². The van der Waals surface area contributed by atoms with Gasteiger partial charge in [0.2, 0.25) is 5.78 Å². The predicted molar refractivity (Wildman–Crippen MR) is 58.8 cm³/mol. The van der Waals surface area contributed by atoms with Gasteiger partial charge in [-0.15, -0.1) is 10.1 Å². The molecule has 0 bridgehead atoms. The summed E-state index contributed by atoms with van der Waals surface area (Å²) in [4.78, 5) is 19.7. The van der Waals surface area contributed by atoms with Crippen molar-refractivity contribution in [3.05, 3.63) is 34.1 Å². The Kier molecular flexibility index (Phi) is 5.57. The Morgan fingerprint density at radius 3 is 2.25 bits per heavy atom. The fourth-order valence-corrected chi connectivity index (χ4v) is 1.13. The zero-order valence-corrected chi connectivity index (χ0v) is 10.2. The predicted octanol–water partition coefficient (Wildman–Crippen LogP) is 2.23. The van der Waals surface area contributed by atoms with Gasteiger partial charge in [0.1, 0.15) is 0 Å². The van der Waals surface area contributed by atoms with Gasteiger partial charge in [0.05, 0.1) is 5.69 Å². The number of nitrogens with zero attached hydrogens (tertiary/aromatic N) is 2. The van der Waals surface area contributed by atoms with Crippen LogP contribution in [0.1, 0.15) is 10.5 Å². The van der Waals surface area contributed by atoms with Crippen LogP contribution in [0, 0.1) is 10.1 Å². The second-order valence-electron chi connectivity index (χ2n) is 2.57. The van der Waals surface area contributed by atoms with Gasteiger partial charge >= 0.3 is 0 Å². The Labute approximate surface area is 105 Å². The third-order valence-electron chi connectivity index (χ3n) is 1.43. The Bertz CT molecular complexity index is 381. The van der Waals surface area contributed by atoms with E-state index in [9.17, 15) is 4.79 Å². The van der Waals surface area contributed by atoms with Crippen molar-refractivity contribution in [3.8, 4) is 0 Å². The molecule has 0 spiro atoms. The summed E-state index contributed by atoms with van der Waals surface area (Å²) in [7, 11) is 1.71. The molecule has 0 saturated heterocycles. The molecule has 0 fully saturated rings. The van der Waals surface area contributed by atoms with Crippen molar-refractivity contribution in [1.82, 2.24) is 4.57 Å². The normalized spacial score (nSPS) is 10.2. The van der Waals surface area contributed by atoms with Gasteiger partial charge in [0.15, 0.2) is 0 Å². The van der Waals surface area contributed by atoms with E-state index in [0.717, 1.165) is 0 Å². The smallest absolute Gasteiger partial charge is 0.291 e. The van der Waals surface area contributed by atoms with Gasteiger partial charge in [-0.1, -0.05) is 34.8 Å². The van der Waals surface area contributed by atoms with Crippen LogP contribution in [-0.4, -0.2) is 24.4 Å². The molecule has 0 radical (unpaired) electrons. The summed E-state index contributed by atoms with van der Waals surface area (Å²) in [6, 6.07) is 3.31. The molecule has 90 valence electrons. The van der Waals surface area contributed by atoms with Gasteiger partial charge in [-0.2, -0.15) is 0 Å². The number of aromatic nitrogens is 1. The number of carbonyl (C=O) groups excluding carboxylic acids is 1. The van der Waals surface area contributed by atoms with Crippen molar-refractivity contribution < 1.29 is 15.1 Å². The maximum atomic E-state index is 11.3. The lowest BCUT2D eigenvalue weighted by Crippen LogP contribution is -2.21. The first-order valence-corrected chi connectivity index (χ1v) is 4.85. The molecule has 0 unspecified atom stereocenters. The number of halogens is 3. The van der Waals surface area contributed by atoms with Crippen LogP contribution in [-0.2, 0) is 7.05 Å². The zero-order chi connectivity index (χ0) is 12.9. The van der Waals surface area contributed by atoms with Crippen LogP contribution in [0.15, 0.2) is 18.3 Å². The van der Waals surface area contributed by atoms with Crippen LogP contribution in [0.2, 0.25) is 0 Å². The summed E-state index contributed by atoms with van der Waals surface area (Å²) in [5, 5.41) is 13.6. The number of hydrogen-bond acceptors (Lipinski definition) is 3. The van der Waals surface area contributed by atoms with Crippen molar-refractivity contribution in [2.24, 2.45) is 7.05 Å². The van der Waals surface area contributed by atoms with E-state index >= 15 is 0 Å². The van der Waals surface area contributed by atoms with Gasteiger partial charge < -0.3 is 9.77 Å². The Morgan fingerprint density at radius 2 is 2.00 bits per heavy atom. The molecule has 1 aromatic heterocycles. The Balaban J connectivity index is 0.000000487. The summed E-state index contributed by atoms with van der Waals surface area (Å²) < 4.78 is -0.268. The fraction of sp³-hybridized carbons (Fsp3) is 0.286. The molecule has 0 aliphatic rings.